The van der Waals surface area contributed by atoms with Gasteiger partial charge in [-0.1, -0.05) is 30.3 Å². The van der Waals surface area contributed by atoms with Gasteiger partial charge in [0.1, 0.15) is 6.26 Å². The minimum atomic E-state index is -1.17. The van der Waals surface area contributed by atoms with Crippen LogP contribution in [-0.2, 0) is 4.79 Å². The second kappa shape index (κ2) is 10.7. The van der Waals surface area contributed by atoms with Crippen molar-refractivity contribution in [1.82, 2.24) is 4.98 Å². The van der Waals surface area contributed by atoms with Gasteiger partial charge in [0.25, 0.3) is 0 Å². The van der Waals surface area contributed by atoms with Gasteiger partial charge in [-0.05, 0) is 61.0 Å². The molecular formula is C27H26N5O4+. The van der Waals surface area contributed by atoms with Gasteiger partial charge in [0, 0.05) is 22.5 Å². The van der Waals surface area contributed by atoms with E-state index < -0.39 is 5.97 Å². The highest BCUT2D eigenvalue weighted by Gasteiger charge is 2.21. The topological polar surface area (TPSA) is 170 Å². The summed E-state index contributed by atoms with van der Waals surface area (Å²) in [5.41, 5.74) is 15.9. The van der Waals surface area contributed by atoms with Gasteiger partial charge in [-0.2, -0.15) is 0 Å². The quantitative estimate of drug-likeness (QED) is 0.179. The summed E-state index contributed by atoms with van der Waals surface area (Å²) in [6, 6.07) is 21.6. The Balaban J connectivity index is 1.53. The van der Waals surface area contributed by atoms with E-state index in [0.29, 0.717) is 46.7 Å². The normalized spacial score (nSPS) is 11.6. The van der Waals surface area contributed by atoms with Crippen LogP contribution in [0, 0.1) is 0 Å². The van der Waals surface area contributed by atoms with E-state index in [4.69, 9.17) is 26.4 Å². The Bertz CT molecular complexity index is 1400. The monoisotopic (exact) mass is 484 g/mol. The molecule has 1 aromatic heterocycles. The molecule has 0 saturated heterocycles. The molecule has 182 valence electrons. The van der Waals surface area contributed by atoms with Gasteiger partial charge in [-0.3, -0.25) is 10.2 Å². The molecule has 1 atom stereocenters. The first-order chi connectivity index (χ1) is 17.4. The Kier molecular flexibility index (Phi) is 7.22. The van der Waals surface area contributed by atoms with Crippen molar-refractivity contribution < 1.29 is 24.5 Å². The fourth-order valence-corrected chi connectivity index (χ4v) is 3.85. The molecule has 0 aliphatic carbocycles. The Hall–Kier alpha value is -4.76. The zero-order valence-electron chi connectivity index (χ0n) is 19.3. The van der Waals surface area contributed by atoms with Crippen LogP contribution in [0.3, 0.4) is 0 Å². The second-order valence-corrected chi connectivity index (χ2v) is 8.17. The van der Waals surface area contributed by atoms with Crippen LogP contribution in [0.15, 0.2) is 83.5 Å². The molecule has 1 unspecified atom stereocenters. The van der Waals surface area contributed by atoms with E-state index in [9.17, 15) is 9.59 Å². The molecule has 36 heavy (non-hydrogen) atoms. The number of nitrogens with zero attached hydrogens (tertiary/aromatic N) is 1. The first-order valence-electron chi connectivity index (χ1n) is 11.2. The van der Waals surface area contributed by atoms with E-state index in [1.165, 1.54) is 0 Å². The number of carboxylic acids is 1. The first-order valence-corrected chi connectivity index (χ1v) is 11.2. The van der Waals surface area contributed by atoms with Crippen molar-refractivity contribution in [3.05, 3.63) is 101 Å². The van der Waals surface area contributed by atoms with Gasteiger partial charge in [-0.25, -0.2) is 9.78 Å². The molecule has 1 amide bonds. The number of aromatic nitrogens is 1. The lowest BCUT2D eigenvalue weighted by Gasteiger charge is -2.17. The van der Waals surface area contributed by atoms with E-state index >= 15 is 0 Å². The molecule has 4 aromatic rings. The number of carboxylic acid groups (broad SMARTS) is 1. The molecular weight excluding hydrogens is 458 g/mol. The molecule has 0 aliphatic heterocycles. The molecule has 4 rings (SSSR count). The van der Waals surface area contributed by atoms with Crippen LogP contribution in [0.1, 0.15) is 39.5 Å². The third-order valence-electron chi connectivity index (χ3n) is 5.75. The molecule has 0 radical (unpaired) electrons. The maximum atomic E-state index is 13.1. The summed E-state index contributed by atoms with van der Waals surface area (Å²) in [7, 11) is 0. The van der Waals surface area contributed by atoms with Crippen LogP contribution < -0.4 is 22.2 Å². The Morgan fingerprint density at radius 2 is 1.78 bits per heavy atom. The fraction of sp³-hybridized carbons (Fsp3) is 0.111. The van der Waals surface area contributed by atoms with Crippen molar-refractivity contribution in [2.75, 3.05) is 17.6 Å². The fourth-order valence-electron chi connectivity index (χ4n) is 3.85. The highest BCUT2D eigenvalue weighted by molar-refractivity contribution is 6.13. The molecule has 8 N–H and O–H groups in total. The van der Waals surface area contributed by atoms with Crippen molar-refractivity contribution in [2.45, 2.75) is 12.3 Å². The smallest absolute Gasteiger partial charge is 0.357 e. The Labute approximate surface area is 207 Å². The van der Waals surface area contributed by atoms with E-state index in [0.717, 1.165) is 11.8 Å². The van der Waals surface area contributed by atoms with Crippen LogP contribution in [0.2, 0.25) is 0 Å². The van der Waals surface area contributed by atoms with Crippen LogP contribution in [0.5, 0.6) is 0 Å². The van der Waals surface area contributed by atoms with Crippen LogP contribution in [0.4, 0.5) is 11.4 Å². The van der Waals surface area contributed by atoms with Gasteiger partial charge >= 0.3 is 5.97 Å². The maximum Gasteiger partial charge on any atom is 0.357 e. The Morgan fingerprint density at radius 3 is 2.42 bits per heavy atom. The van der Waals surface area contributed by atoms with Gasteiger partial charge < -0.3 is 26.3 Å². The highest BCUT2D eigenvalue weighted by Crippen LogP contribution is 2.25. The number of carbonyl (C=O) groups is 2. The summed E-state index contributed by atoms with van der Waals surface area (Å²) in [5, 5.41) is 18.4. The summed E-state index contributed by atoms with van der Waals surface area (Å²) in [6.07, 6.45) is 1.60. The number of nitrogens with two attached hydrogens (primary N) is 3. The maximum absolute atomic E-state index is 13.1. The number of amides is 1. The summed E-state index contributed by atoms with van der Waals surface area (Å²) < 4.78 is 5.24. The van der Waals surface area contributed by atoms with Crippen LogP contribution >= 0.6 is 0 Å². The molecule has 0 saturated carbocycles. The minimum Gasteiger partial charge on any atom is -0.476 e. The lowest BCUT2D eigenvalue weighted by Crippen LogP contribution is -2.41. The average Bonchev–Trinajstić information content (AvgIpc) is 3.39. The third kappa shape index (κ3) is 5.31. The number of aromatic carboxylic acids is 1. The van der Waals surface area contributed by atoms with Crippen LogP contribution in [0.25, 0.3) is 11.5 Å². The number of hydrogen-bond acceptors (Lipinski definition) is 6. The third-order valence-corrected chi connectivity index (χ3v) is 5.75. The molecule has 0 spiro atoms. The Morgan fingerprint density at radius 1 is 1.06 bits per heavy atom. The average molecular weight is 485 g/mol. The molecule has 3 aromatic carbocycles. The van der Waals surface area contributed by atoms with Gasteiger partial charge in [0.15, 0.2) is 5.69 Å². The lowest BCUT2D eigenvalue weighted by molar-refractivity contribution is -0.117. The number of carbonyl (C=O) groups excluding carboxylic acids is 1. The predicted molar refractivity (Wildman–Crippen MR) is 136 cm³/mol. The van der Waals surface area contributed by atoms with Crippen molar-refractivity contribution >= 4 is 29.0 Å². The highest BCUT2D eigenvalue weighted by atomic mass is 16.4. The summed E-state index contributed by atoms with van der Waals surface area (Å²) in [4.78, 5) is 28.0. The summed E-state index contributed by atoms with van der Waals surface area (Å²) in [5.74, 6) is -1.54. The molecule has 9 nitrogen and oxygen atoms in total. The molecule has 0 bridgehead atoms. The number of benzene rings is 3. The van der Waals surface area contributed by atoms with Crippen LogP contribution in [-0.4, -0.2) is 34.2 Å². The number of hydrogen-bond donors (Lipinski definition) is 5. The number of oxazole rings is 1. The molecule has 9 heteroatoms. The minimum absolute atomic E-state index is 0.169. The number of anilines is 2. The van der Waals surface area contributed by atoms with E-state index in [1.807, 2.05) is 30.3 Å². The van der Waals surface area contributed by atoms with E-state index in [-0.39, 0.29) is 23.4 Å². The molecule has 1 heterocycles. The molecule has 0 aliphatic rings. The second-order valence-electron chi connectivity index (χ2n) is 8.17. The standard InChI is InChI=1S/C27H25N5O4/c28-13-12-20(16-4-2-1-3-5-16)25(33)31-19-10-11-22(29)21(14-19)24(30)17-6-8-18(9-7-17)26-32-23(15-36-26)27(34)35/h1-11,14-15,20,30H,12-13,28-29H2,(H,31,33)(H,34,35)/p+1. The summed E-state index contributed by atoms with van der Waals surface area (Å²) in [6.45, 7) is 0.377. The number of rotatable bonds is 9. The predicted octanol–water partition coefficient (Wildman–Crippen LogP) is 2.29. The first kappa shape index (κ1) is 24.4. The van der Waals surface area contributed by atoms with Crippen molar-refractivity contribution in [1.29, 1.82) is 0 Å². The number of nitrogen functional groups attached to an aromatic ring is 1. The molecule has 0 fully saturated rings. The largest absolute Gasteiger partial charge is 0.476 e. The van der Waals surface area contributed by atoms with E-state index in [1.54, 1.807) is 42.5 Å². The zero-order valence-corrected chi connectivity index (χ0v) is 19.3. The van der Waals surface area contributed by atoms with Gasteiger partial charge in [0.05, 0.1) is 11.5 Å². The SMILES string of the molecule is NCCC(C(=O)Nc1ccc(N)c(C(=[NH2+])c2ccc(-c3nc(C(=O)O)co3)cc2)c1)c1ccccc1. The summed E-state index contributed by atoms with van der Waals surface area (Å²) >= 11 is 0. The van der Waals surface area contributed by atoms with Crippen molar-refractivity contribution in [3.8, 4) is 11.5 Å². The van der Waals surface area contributed by atoms with Gasteiger partial charge in [-0.15, -0.1) is 0 Å². The zero-order chi connectivity index (χ0) is 25.7. The van der Waals surface area contributed by atoms with Gasteiger partial charge in [0.2, 0.25) is 17.5 Å². The number of nitrogens with one attached hydrogen (secondary N) is 1. The van der Waals surface area contributed by atoms with Crippen molar-refractivity contribution in [3.63, 3.8) is 0 Å². The lowest BCUT2D eigenvalue weighted by atomic mass is 9.94. The van der Waals surface area contributed by atoms with Crippen molar-refractivity contribution in [2.24, 2.45) is 5.73 Å². The van der Waals surface area contributed by atoms with E-state index in [2.05, 4.69) is 10.3 Å².